The number of benzene rings is 2. The van der Waals surface area contributed by atoms with Gasteiger partial charge in [-0.05, 0) is 25.1 Å². The number of amides is 1. The summed E-state index contributed by atoms with van der Waals surface area (Å²) in [4.78, 5) is 40.0. The quantitative estimate of drug-likeness (QED) is 0.374. The average molecular weight is 437 g/mol. The third kappa shape index (κ3) is 3.98. The zero-order valence-corrected chi connectivity index (χ0v) is 17.2. The number of methoxy groups -OCH3 is 1. The van der Waals surface area contributed by atoms with Crippen LogP contribution in [0.3, 0.4) is 0 Å². The summed E-state index contributed by atoms with van der Waals surface area (Å²) in [6.45, 7) is 1.92. The van der Waals surface area contributed by atoms with Crippen molar-refractivity contribution in [1.29, 1.82) is 0 Å². The number of rotatable bonds is 5. The monoisotopic (exact) mass is 437 g/mol. The number of anilines is 1. The van der Waals surface area contributed by atoms with Crippen LogP contribution in [0.25, 0.3) is 15.9 Å². The average Bonchev–Trinajstić information content (AvgIpc) is 3.15. The highest BCUT2D eigenvalue weighted by molar-refractivity contribution is 7.22. The Bertz CT molecular complexity index is 1380. The Morgan fingerprint density at radius 2 is 1.94 bits per heavy atom. The zero-order chi connectivity index (χ0) is 22.1. The first-order valence-electron chi connectivity index (χ1n) is 8.97. The minimum Gasteiger partial charge on any atom is -0.494 e. The zero-order valence-electron chi connectivity index (χ0n) is 16.4. The van der Waals surface area contributed by atoms with Crippen LogP contribution in [0.4, 0.5) is 10.8 Å². The number of carbonyl (C=O) groups excluding carboxylic acids is 1. The maximum atomic E-state index is 12.9. The van der Waals surface area contributed by atoms with E-state index in [9.17, 15) is 19.7 Å². The lowest BCUT2D eigenvalue weighted by Gasteiger charge is -2.10. The summed E-state index contributed by atoms with van der Waals surface area (Å²) in [5.74, 6) is -0.617. The van der Waals surface area contributed by atoms with Gasteiger partial charge in [0.15, 0.2) is 16.6 Å². The standard InChI is InChI=1S/C20H15N5O5S/c1-11-3-5-12(6-4-11)24-17(26)10-15(30-2)18(23-24)19(27)22-20-21-14-8-7-13(25(28)29)9-16(14)31-20/h3-10H,1-2H3,(H,21,22,27). The summed E-state index contributed by atoms with van der Waals surface area (Å²) >= 11 is 1.09. The van der Waals surface area contributed by atoms with E-state index in [2.05, 4.69) is 15.4 Å². The lowest BCUT2D eigenvalue weighted by Crippen LogP contribution is -2.26. The summed E-state index contributed by atoms with van der Waals surface area (Å²) in [5.41, 5.74) is 1.40. The fourth-order valence-electron chi connectivity index (χ4n) is 2.86. The molecule has 31 heavy (non-hydrogen) atoms. The molecule has 0 bridgehead atoms. The fraction of sp³-hybridized carbons (Fsp3) is 0.100. The van der Waals surface area contributed by atoms with E-state index >= 15 is 0 Å². The highest BCUT2D eigenvalue weighted by Gasteiger charge is 2.20. The van der Waals surface area contributed by atoms with E-state index in [4.69, 9.17) is 4.74 Å². The molecule has 4 aromatic rings. The van der Waals surface area contributed by atoms with Crippen molar-refractivity contribution < 1.29 is 14.5 Å². The van der Waals surface area contributed by atoms with Gasteiger partial charge in [-0.2, -0.15) is 9.78 Å². The second-order valence-corrected chi connectivity index (χ2v) is 7.56. The van der Waals surface area contributed by atoms with Gasteiger partial charge in [0, 0.05) is 12.1 Å². The van der Waals surface area contributed by atoms with Crippen LogP contribution in [0.15, 0.2) is 53.3 Å². The smallest absolute Gasteiger partial charge is 0.281 e. The molecule has 0 aliphatic carbocycles. The molecule has 1 N–H and O–H groups in total. The summed E-state index contributed by atoms with van der Waals surface area (Å²) in [6.07, 6.45) is 0. The minimum atomic E-state index is -0.633. The van der Waals surface area contributed by atoms with Gasteiger partial charge in [-0.25, -0.2) is 4.98 Å². The van der Waals surface area contributed by atoms with Gasteiger partial charge in [-0.3, -0.25) is 25.0 Å². The van der Waals surface area contributed by atoms with Crippen LogP contribution < -0.4 is 15.6 Å². The molecular formula is C20H15N5O5S. The van der Waals surface area contributed by atoms with Crippen LogP contribution in [-0.2, 0) is 0 Å². The van der Waals surface area contributed by atoms with Crippen LogP contribution in [0, 0.1) is 17.0 Å². The molecule has 156 valence electrons. The first-order valence-corrected chi connectivity index (χ1v) is 9.79. The molecule has 10 nitrogen and oxygen atoms in total. The van der Waals surface area contributed by atoms with E-state index in [1.54, 1.807) is 12.1 Å². The van der Waals surface area contributed by atoms with Crippen LogP contribution >= 0.6 is 11.3 Å². The SMILES string of the molecule is COc1cc(=O)n(-c2ccc(C)cc2)nc1C(=O)Nc1nc2ccc([N+](=O)[O-])cc2s1. The maximum absolute atomic E-state index is 12.9. The van der Waals surface area contributed by atoms with E-state index in [1.807, 2.05) is 19.1 Å². The van der Waals surface area contributed by atoms with E-state index in [1.165, 1.54) is 31.4 Å². The number of thiazole rings is 1. The van der Waals surface area contributed by atoms with Crippen LogP contribution in [0.2, 0.25) is 0 Å². The molecule has 2 aromatic carbocycles. The minimum absolute atomic E-state index is 0.0163. The molecular weight excluding hydrogens is 422 g/mol. The van der Waals surface area contributed by atoms with Crippen LogP contribution in [0.1, 0.15) is 16.1 Å². The normalized spacial score (nSPS) is 10.8. The van der Waals surface area contributed by atoms with Gasteiger partial charge in [0.2, 0.25) is 0 Å². The number of nitrogens with zero attached hydrogens (tertiary/aromatic N) is 4. The number of non-ortho nitro benzene ring substituents is 1. The highest BCUT2D eigenvalue weighted by atomic mass is 32.1. The Labute approximate surface area is 178 Å². The Kier molecular flexibility index (Phi) is 5.17. The predicted octanol–water partition coefficient (Wildman–Crippen LogP) is 3.32. The van der Waals surface area contributed by atoms with Gasteiger partial charge in [0.05, 0.1) is 34.0 Å². The molecule has 0 aliphatic heterocycles. The molecule has 0 saturated carbocycles. The van der Waals surface area contributed by atoms with Gasteiger partial charge in [0.25, 0.3) is 17.2 Å². The lowest BCUT2D eigenvalue weighted by atomic mass is 10.2. The number of aromatic nitrogens is 3. The predicted molar refractivity (Wildman–Crippen MR) is 115 cm³/mol. The third-order valence-corrected chi connectivity index (χ3v) is 5.35. The Balaban J connectivity index is 1.70. The number of hydrogen-bond donors (Lipinski definition) is 1. The topological polar surface area (TPSA) is 129 Å². The summed E-state index contributed by atoms with van der Waals surface area (Å²) in [5, 5.41) is 18.0. The van der Waals surface area contributed by atoms with Gasteiger partial charge >= 0.3 is 0 Å². The molecule has 0 atom stereocenters. The van der Waals surface area contributed by atoms with Crippen molar-refractivity contribution in [3.05, 3.63) is 80.3 Å². The van der Waals surface area contributed by atoms with E-state index in [0.717, 1.165) is 21.6 Å². The molecule has 1 amide bonds. The highest BCUT2D eigenvalue weighted by Crippen LogP contribution is 2.29. The van der Waals surface area contributed by atoms with Crippen molar-refractivity contribution in [2.45, 2.75) is 6.92 Å². The lowest BCUT2D eigenvalue weighted by molar-refractivity contribution is -0.384. The second-order valence-electron chi connectivity index (χ2n) is 6.53. The van der Waals surface area contributed by atoms with Gasteiger partial charge in [-0.1, -0.05) is 29.0 Å². The molecule has 11 heteroatoms. The van der Waals surface area contributed by atoms with Gasteiger partial charge < -0.3 is 4.74 Å². The first kappa shape index (κ1) is 20.2. The molecule has 2 heterocycles. The van der Waals surface area contributed by atoms with Gasteiger partial charge in [0.1, 0.15) is 0 Å². The number of fused-ring (bicyclic) bond motifs is 1. The molecule has 2 aromatic heterocycles. The van der Waals surface area contributed by atoms with Crippen molar-refractivity contribution in [2.24, 2.45) is 0 Å². The van der Waals surface area contributed by atoms with Crippen molar-refractivity contribution in [3.8, 4) is 11.4 Å². The summed E-state index contributed by atoms with van der Waals surface area (Å²) in [7, 11) is 1.33. The maximum Gasteiger partial charge on any atom is 0.281 e. The number of aryl methyl sites for hydroxylation is 1. The summed E-state index contributed by atoms with van der Waals surface area (Å²) < 4.78 is 6.83. The van der Waals surface area contributed by atoms with Crippen molar-refractivity contribution >= 4 is 38.3 Å². The number of ether oxygens (including phenoxy) is 1. The molecule has 4 rings (SSSR count). The second kappa shape index (κ2) is 7.95. The van der Waals surface area contributed by atoms with Crippen molar-refractivity contribution in [3.63, 3.8) is 0 Å². The summed E-state index contributed by atoms with van der Waals surface area (Å²) in [6, 6.07) is 12.5. The Morgan fingerprint density at radius 3 is 2.61 bits per heavy atom. The van der Waals surface area contributed by atoms with Gasteiger partial charge in [-0.15, -0.1) is 0 Å². The van der Waals surface area contributed by atoms with E-state index < -0.39 is 16.4 Å². The molecule has 0 saturated heterocycles. The number of hydrogen-bond acceptors (Lipinski definition) is 8. The third-order valence-electron chi connectivity index (χ3n) is 4.41. The molecule has 0 unspecified atom stereocenters. The van der Waals surface area contributed by atoms with E-state index in [0.29, 0.717) is 15.9 Å². The van der Waals surface area contributed by atoms with Crippen LogP contribution in [-0.4, -0.2) is 32.7 Å². The number of nitrogens with one attached hydrogen (secondary N) is 1. The van der Waals surface area contributed by atoms with Crippen LogP contribution in [0.5, 0.6) is 5.75 Å². The number of nitro benzene ring substituents is 1. The Hall–Kier alpha value is -4.12. The Morgan fingerprint density at radius 1 is 1.19 bits per heavy atom. The van der Waals surface area contributed by atoms with Crippen molar-refractivity contribution in [1.82, 2.24) is 14.8 Å². The molecule has 0 radical (unpaired) electrons. The largest absolute Gasteiger partial charge is 0.494 e. The first-order chi connectivity index (χ1) is 14.9. The number of carbonyl (C=O) groups is 1. The number of nitro groups is 1. The molecule has 0 aliphatic rings. The molecule has 0 spiro atoms. The van der Waals surface area contributed by atoms with E-state index in [-0.39, 0.29) is 22.3 Å². The fourth-order valence-corrected chi connectivity index (χ4v) is 3.75. The molecule has 0 fully saturated rings. The van der Waals surface area contributed by atoms with Crippen molar-refractivity contribution in [2.75, 3.05) is 12.4 Å².